The third-order valence-electron chi connectivity index (χ3n) is 4.32. The van der Waals surface area contributed by atoms with Crippen LogP contribution in [0.2, 0.25) is 0 Å². The highest BCUT2D eigenvalue weighted by atomic mass is 32.2. The summed E-state index contributed by atoms with van der Waals surface area (Å²) in [5.41, 5.74) is -8.21. The Morgan fingerprint density at radius 3 is 2.09 bits per heavy atom. The molecule has 2 aromatic carbocycles. The Morgan fingerprint density at radius 2 is 1.66 bits per heavy atom. The SMILES string of the molecule is C[S+]([O-])c1ccc(CC(O)(C(=O)Nc2ccc([N+](=O)[O-])c(C(F)(F)F)c2)C(F)(F)F)cc1. The van der Waals surface area contributed by atoms with Crippen molar-refractivity contribution in [1.82, 2.24) is 0 Å². The summed E-state index contributed by atoms with van der Waals surface area (Å²) in [5, 5.41) is 22.5. The first-order chi connectivity index (χ1) is 14.6. The molecule has 2 N–H and O–H groups in total. The smallest absolute Gasteiger partial charge is 0.426 e. The number of nitrogens with one attached hydrogen (secondary N) is 1. The van der Waals surface area contributed by atoms with Crippen LogP contribution in [0.4, 0.5) is 37.7 Å². The molecule has 0 saturated carbocycles. The van der Waals surface area contributed by atoms with Gasteiger partial charge in [-0.1, -0.05) is 12.1 Å². The Kier molecular flexibility index (Phi) is 7.11. The Balaban J connectivity index is 2.39. The van der Waals surface area contributed by atoms with Gasteiger partial charge >= 0.3 is 12.4 Å². The predicted octanol–water partition coefficient (Wildman–Crippen LogP) is 3.83. The molecule has 174 valence electrons. The largest absolute Gasteiger partial charge is 0.612 e. The van der Waals surface area contributed by atoms with Crippen LogP contribution in [-0.4, -0.2) is 38.5 Å². The molecule has 2 aromatic rings. The Morgan fingerprint density at radius 1 is 1.09 bits per heavy atom. The Bertz CT molecular complexity index is 1010. The van der Waals surface area contributed by atoms with E-state index in [0.717, 1.165) is 12.1 Å². The van der Waals surface area contributed by atoms with Crippen LogP contribution in [0.25, 0.3) is 0 Å². The van der Waals surface area contributed by atoms with Gasteiger partial charge in [0.1, 0.15) is 11.8 Å². The van der Waals surface area contributed by atoms with E-state index in [1.165, 1.54) is 23.7 Å². The average Bonchev–Trinajstić information content (AvgIpc) is 2.66. The fourth-order valence-electron chi connectivity index (χ4n) is 2.64. The van der Waals surface area contributed by atoms with E-state index in [2.05, 4.69) is 0 Å². The van der Waals surface area contributed by atoms with Gasteiger partial charge in [0.05, 0.1) is 4.92 Å². The van der Waals surface area contributed by atoms with Crippen molar-refractivity contribution in [2.24, 2.45) is 0 Å². The maximum absolute atomic E-state index is 13.6. The fourth-order valence-corrected chi connectivity index (χ4v) is 3.16. The number of nitro groups is 1. The van der Waals surface area contributed by atoms with Crippen molar-refractivity contribution in [2.75, 3.05) is 11.6 Å². The topological polar surface area (TPSA) is 116 Å². The molecule has 0 fully saturated rings. The highest BCUT2D eigenvalue weighted by Gasteiger charge is 2.59. The number of aliphatic hydroxyl groups is 1. The summed E-state index contributed by atoms with van der Waals surface area (Å²) in [6, 6.07) is 5.74. The lowest BCUT2D eigenvalue weighted by molar-refractivity contribution is -0.388. The van der Waals surface area contributed by atoms with Gasteiger partial charge in [-0.2, -0.15) is 26.3 Å². The maximum Gasteiger partial charge on any atom is 0.426 e. The summed E-state index contributed by atoms with van der Waals surface area (Å²) in [4.78, 5) is 22.0. The van der Waals surface area contributed by atoms with Crippen LogP contribution in [-0.2, 0) is 28.6 Å². The molecule has 0 saturated heterocycles. The second kappa shape index (κ2) is 8.96. The molecule has 0 aliphatic heterocycles. The van der Waals surface area contributed by atoms with Crippen LogP contribution >= 0.6 is 0 Å². The summed E-state index contributed by atoms with van der Waals surface area (Å²) in [6.07, 6.45) is -10.7. The number of alkyl halides is 6. The molecule has 14 heteroatoms. The van der Waals surface area contributed by atoms with Crippen LogP contribution in [0.5, 0.6) is 0 Å². The predicted molar refractivity (Wildman–Crippen MR) is 100 cm³/mol. The quantitative estimate of drug-likeness (QED) is 0.280. The molecule has 0 radical (unpaired) electrons. The fraction of sp³-hybridized carbons (Fsp3) is 0.278. The standard InChI is InChI=1S/C18H14F6N2O5S/c1-32(31)12-5-2-10(3-6-12)9-16(28,18(22,23)24)15(27)25-11-4-7-14(26(29)30)13(8-11)17(19,20)21/h2-8,28H,9H2,1H3,(H,25,27). The zero-order chi connectivity index (χ0) is 24.5. The van der Waals surface area contributed by atoms with Gasteiger partial charge < -0.3 is 15.0 Å². The minimum absolute atomic E-state index is 0.0954. The van der Waals surface area contributed by atoms with Crippen molar-refractivity contribution < 1.29 is 45.7 Å². The molecular formula is C18H14F6N2O5S. The molecule has 0 bridgehead atoms. The number of rotatable bonds is 6. The molecule has 2 unspecified atom stereocenters. The molecule has 1 amide bonds. The minimum atomic E-state index is -5.53. The highest BCUT2D eigenvalue weighted by molar-refractivity contribution is 7.90. The number of nitrogens with zero attached hydrogens (tertiary/aromatic N) is 1. The van der Waals surface area contributed by atoms with Crippen LogP contribution in [0.1, 0.15) is 11.1 Å². The van der Waals surface area contributed by atoms with Gasteiger partial charge in [0.25, 0.3) is 11.6 Å². The Hall–Kier alpha value is -2.84. The van der Waals surface area contributed by atoms with Gasteiger partial charge in [-0.3, -0.25) is 14.9 Å². The second-order valence-electron chi connectivity index (χ2n) is 6.57. The number of hydrogen-bond acceptors (Lipinski definition) is 5. The van der Waals surface area contributed by atoms with Crippen molar-refractivity contribution >= 4 is 28.5 Å². The summed E-state index contributed by atoms with van der Waals surface area (Å²) in [7, 11) is 0. The number of anilines is 1. The van der Waals surface area contributed by atoms with Crippen molar-refractivity contribution in [3.05, 3.63) is 63.7 Å². The van der Waals surface area contributed by atoms with E-state index in [0.29, 0.717) is 12.1 Å². The lowest BCUT2D eigenvalue weighted by Crippen LogP contribution is -2.56. The summed E-state index contributed by atoms with van der Waals surface area (Å²) < 4.78 is 91.2. The van der Waals surface area contributed by atoms with Crippen LogP contribution in [0.3, 0.4) is 0 Å². The van der Waals surface area contributed by atoms with Gasteiger partial charge in [0.2, 0.25) is 5.60 Å². The number of hydrogen-bond donors (Lipinski definition) is 2. The monoisotopic (exact) mass is 484 g/mol. The number of benzene rings is 2. The third-order valence-corrected chi connectivity index (χ3v) is 5.25. The summed E-state index contributed by atoms with van der Waals surface area (Å²) in [6.45, 7) is 0. The van der Waals surface area contributed by atoms with E-state index in [1.807, 2.05) is 0 Å². The molecule has 0 heterocycles. The molecule has 2 rings (SSSR count). The van der Waals surface area contributed by atoms with Gasteiger partial charge in [-0.25, -0.2) is 0 Å². The van der Waals surface area contributed by atoms with Gasteiger partial charge in [-0.05, 0) is 41.0 Å². The number of carbonyl (C=O) groups excluding carboxylic acids is 1. The van der Waals surface area contributed by atoms with Gasteiger partial charge in [0, 0.05) is 18.2 Å². The number of halogens is 6. The molecule has 0 spiro atoms. The van der Waals surface area contributed by atoms with E-state index < -0.39 is 63.3 Å². The molecule has 2 atom stereocenters. The zero-order valence-corrected chi connectivity index (χ0v) is 16.8. The van der Waals surface area contributed by atoms with Crippen molar-refractivity contribution in [3.63, 3.8) is 0 Å². The first-order valence-electron chi connectivity index (χ1n) is 8.45. The van der Waals surface area contributed by atoms with E-state index in [-0.39, 0.29) is 16.5 Å². The number of carbonyl (C=O) groups is 1. The van der Waals surface area contributed by atoms with Crippen molar-refractivity contribution in [3.8, 4) is 0 Å². The molecule has 7 nitrogen and oxygen atoms in total. The van der Waals surface area contributed by atoms with E-state index in [1.54, 1.807) is 0 Å². The van der Waals surface area contributed by atoms with Crippen LogP contribution in [0.15, 0.2) is 47.4 Å². The molecule has 0 aromatic heterocycles. The molecule has 32 heavy (non-hydrogen) atoms. The Labute approximate surface area is 179 Å². The zero-order valence-electron chi connectivity index (χ0n) is 16.0. The number of nitro benzene ring substituents is 1. The van der Waals surface area contributed by atoms with Crippen LogP contribution in [0, 0.1) is 10.1 Å². The van der Waals surface area contributed by atoms with E-state index >= 15 is 0 Å². The summed E-state index contributed by atoms with van der Waals surface area (Å²) >= 11 is -1.43. The lowest BCUT2D eigenvalue weighted by atomic mass is 9.92. The van der Waals surface area contributed by atoms with Crippen molar-refractivity contribution in [1.29, 1.82) is 0 Å². The van der Waals surface area contributed by atoms with E-state index in [9.17, 15) is 50.9 Å². The first kappa shape index (κ1) is 25.4. The third kappa shape index (κ3) is 5.49. The van der Waals surface area contributed by atoms with Crippen molar-refractivity contribution in [2.45, 2.75) is 29.3 Å². The average molecular weight is 484 g/mol. The van der Waals surface area contributed by atoms with Crippen LogP contribution < -0.4 is 5.32 Å². The second-order valence-corrected chi connectivity index (χ2v) is 7.95. The normalized spacial score (nSPS) is 15.0. The van der Waals surface area contributed by atoms with E-state index in [4.69, 9.17) is 0 Å². The maximum atomic E-state index is 13.6. The summed E-state index contributed by atoms with van der Waals surface area (Å²) in [5.74, 6) is -2.09. The molecular weight excluding hydrogens is 470 g/mol. The minimum Gasteiger partial charge on any atom is -0.612 e. The van der Waals surface area contributed by atoms with Gasteiger partial charge in [-0.15, -0.1) is 0 Å². The lowest BCUT2D eigenvalue weighted by Gasteiger charge is -2.29. The first-order valence-corrected chi connectivity index (χ1v) is 10.0. The molecule has 0 aliphatic carbocycles. The van der Waals surface area contributed by atoms with Gasteiger partial charge in [0.15, 0.2) is 4.90 Å². The molecule has 0 aliphatic rings. The number of amides is 1. The highest BCUT2D eigenvalue weighted by Crippen LogP contribution is 2.39.